The zero-order valence-corrected chi connectivity index (χ0v) is 8.83. The minimum absolute atomic E-state index is 0.515. The molecule has 1 aliphatic rings. The molecule has 0 unspecified atom stereocenters. The smallest absolute Gasteiger partial charge is 0.129 e. The van der Waals surface area contributed by atoms with E-state index in [0.29, 0.717) is 18.2 Å². The largest absolute Gasteiger partial charge is 0.388 e. The number of hydrogen-bond acceptors (Lipinski definition) is 3. The summed E-state index contributed by atoms with van der Waals surface area (Å²) in [5.74, 6) is 0. The quantitative estimate of drug-likeness (QED) is 0.751. The molecule has 0 amide bonds. The number of rotatable bonds is 2. The first-order chi connectivity index (χ1) is 6.55. The predicted octanol–water partition coefficient (Wildman–Crippen LogP) is 1.30. The lowest BCUT2D eigenvalue weighted by Gasteiger charge is -2.44. The van der Waals surface area contributed by atoms with E-state index in [2.05, 4.69) is 9.88 Å². The number of aromatic nitrogens is 1. The van der Waals surface area contributed by atoms with Crippen LogP contribution in [-0.2, 0) is 6.54 Å². The summed E-state index contributed by atoms with van der Waals surface area (Å²) in [4.78, 5) is 6.32. The highest BCUT2D eigenvalue weighted by Crippen LogP contribution is 2.21. The van der Waals surface area contributed by atoms with Crippen LogP contribution >= 0.6 is 11.6 Å². The van der Waals surface area contributed by atoms with Crippen molar-refractivity contribution in [2.24, 2.45) is 0 Å². The summed E-state index contributed by atoms with van der Waals surface area (Å²) in [6.07, 6.45) is 0. The summed E-state index contributed by atoms with van der Waals surface area (Å²) in [6.45, 7) is 4.02. The molecule has 1 aromatic rings. The number of hydrogen-bond donors (Lipinski definition) is 1. The molecule has 0 atom stereocenters. The van der Waals surface area contributed by atoms with E-state index >= 15 is 0 Å². The molecule has 76 valence electrons. The zero-order chi connectivity index (χ0) is 10.2. The Balaban J connectivity index is 1.93. The number of likely N-dealkylation sites (tertiary alicyclic amines) is 1. The molecule has 2 rings (SSSR count). The van der Waals surface area contributed by atoms with E-state index < -0.39 is 5.60 Å². The molecule has 1 aliphatic heterocycles. The lowest BCUT2D eigenvalue weighted by atomic mass is 9.97. The maximum Gasteiger partial charge on any atom is 0.129 e. The Labute approximate surface area is 88.3 Å². The summed E-state index contributed by atoms with van der Waals surface area (Å²) < 4.78 is 0. The van der Waals surface area contributed by atoms with Gasteiger partial charge < -0.3 is 5.11 Å². The van der Waals surface area contributed by atoms with E-state index in [1.165, 1.54) is 0 Å². The Morgan fingerprint density at radius 3 is 2.86 bits per heavy atom. The SMILES string of the molecule is CC1(O)CN(Cc2cccc(Cl)n2)C1. The first-order valence-corrected chi connectivity index (χ1v) is 4.99. The van der Waals surface area contributed by atoms with Gasteiger partial charge in [0.2, 0.25) is 0 Å². The molecule has 0 radical (unpaired) electrons. The molecule has 1 saturated heterocycles. The van der Waals surface area contributed by atoms with E-state index in [-0.39, 0.29) is 0 Å². The van der Waals surface area contributed by atoms with E-state index in [1.807, 2.05) is 19.1 Å². The van der Waals surface area contributed by atoms with Gasteiger partial charge in [0.25, 0.3) is 0 Å². The Bertz CT molecular complexity index is 333. The van der Waals surface area contributed by atoms with Crippen molar-refractivity contribution in [1.29, 1.82) is 0 Å². The van der Waals surface area contributed by atoms with Crippen LogP contribution in [0.3, 0.4) is 0 Å². The van der Waals surface area contributed by atoms with Gasteiger partial charge in [-0.25, -0.2) is 4.98 Å². The van der Waals surface area contributed by atoms with Gasteiger partial charge in [-0.05, 0) is 19.1 Å². The van der Waals surface area contributed by atoms with Gasteiger partial charge in [0.15, 0.2) is 0 Å². The van der Waals surface area contributed by atoms with Crippen molar-refractivity contribution in [1.82, 2.24) is 9.88 Å². The molecule has 0 aliphatic carbocycles. The van der Waals surface area contributed by atoms with Crippen LogP contribution in [0.1, 0.15) is 12.6 Å². The summed E-state index contributed by atoms with van der Waals surface area (Å²) >= 11 is 5.77. The van der Waals surface area contributed by atoms with E-state index in [9.17, 15) is 5.11 Å². The molecule has 14 heavy (non-hydrogen) atoms. The third-order valence-electron chi connectivity index (χ3n) is 2.29. The van der Waals surface area contributed by atoms with Crippen LogP contribution < -0.4 is 0 Å². The topological polar surface area (TPSA) is 36.4 Å². The van der Waals surface area contributed by atoms with E-state index in [1.54, 1.807) is 6.07 Å². The lowest BCUT2D eigenvalue weighted by molar-refractivity contribution is -0.0875. The molecule has 2 heterocycles. The van der Waals surface area contributed by atoms with Gasteiger partial charge in [-0.2, -0.15) is 0 Å². The van der Waals surface area contributed by atoms with Crippen molar-refractivity contribution in [2.75, 3.05) is 13.1 Å². The second kappa shape index (κ2) is 3.50. The average molecular weight is 213 g/mol. The first kappa shape index (κ1) is 9.90. The second-order valence-electron chi connectivity index (χ2n) is 4.09. The van der Waals surface area contributed by atoms with Crippen molar-refractivity contribution in [3.05, 3.63) is 29.0 Å². The van der Waals surface area contributed by atoms with Crippen LogP contribution in [0.4, 0.5) is 0 Å². The Morgan fingerprint density at radius 2 is 2.29 bits per heavy atom. The van der Waals surface area contributed by atoms with Crippen LogP contribution in [0.2, 0.25) is 5.15 Å². The lowest BCUT2D eigenvalue weighted by Crippen LogP contribution is -2.59. The Kier molecular flexibility index (Phi) is 2.47. The van der Waals surface area contributed by atoms with Gasteiger partial charge in [0.1, 0.15) is 5.15 Å². The molecule has 4 heteroatoms. The number of halogens is 1. The predicted molar refractivity (Wildman–Crippen MR) is 55.1 cm³/mol. The minimum atomic E-state index is -0.515. The van der Waals surface area contributed by atoms with Gasteiger partial charge in [0, 0.05) is 19.6 Å². The molecular formula is C10H13ClN2O. The third kappa shape index (κ3) is 2.23. The number of pyridine rings is 1. The average Bonchev–Trinajstić information content (AvgIpc) is 2.00. The summed E-state index contributed by atoms with van der Waals surface area (Å²) in [7, 11) is 0. The van der Waals surface area contributed by atoms with Crippen molar-refractivity contribution in [3.63, 3.8) is 0 Å². The Morgan fingerprint density at radius 1 is 1.57 bits per heavy atom. The molecule has 1 N–H and O–H groups in total. The summed E-state index contributed by atoms with van der Waals surface area (Å²) in [5.41, 5.74) is 0.437. The Hall–Kier alpha value is -0.640. The van der Waals surface area contributed by atoms with Crippen LogP contribution in [-0.4, -0.2) is 33.7 Å². The maximum absolute atomic E-state index is 9.53. The second-order valence-corrected chi connectivity index (χ2v) is 4.48. The fourth-order valence-corrected chi connectivity index (χ4v) is 1.98. The number of aliphatic hydroxyl groups is 1. The van der Waals surface area contributed by atoms with Crippen molar-refractivity contribution in [2.45, 2.75) is 19.1 Å². The molecule has 0 spiro atoms. The maximum atomic E-state index is 9.53. The molecule has 1 aromatic heterocycles. The van der Waals surface area contributed by atoms with Crippen molar-refractivity contribution < 1.29 is 5.11 Å². The highest BCUT2D eigenvalue weighted by molar-refractivity contribution is 6.29. The summed E-state index contributed by atoms with van der Waals surface area (Å²) in [6, 6.07) is 5.60. The highest BCUT2D eigenvalue weighted by atomic mass is 35.5. The minimum Gasteiger partial charge on any atom is -0.388 e. The van der Waals surface area contributed by atoms with E-state index in [0.717, 1.165) is 12.2 Å². The van der Waals surface area contributed by atoms with E-state index in [4.69, 9.17) is 11.6 Å². The normalized spacial score (nSPS) is 20.5. The van der Waals surface area contributed by atoms with Crippen LogP contribution in [0.15, 0.2) is 18.2 Å². The summed E-state index contributed by atoms with van der Waals surface area (Å²) in [5, 5.41) is 10.1. The van der Waals surface area contributed by atoms with Gasteiger partial charge >= 0.3 is 0 Å². The third-order valence-corrected chi connectivity index (χ3v) is 2.50. The molecule has 0 bridgehead atoms. The molecule has 0 saturated carbocycles. The highest BCUT2D eigenvalue weighted by Gasteiger charge is 2.36. The van der Waals surface area contributed by atoms with Crippen molar-refractivity contribution in [3.8, 4) is 0 Å². The fourth-order valence-electron chi connectivity index (χ4n) is 1.80. The molecular weight excluding hydrogens is 200 g/mol. The van der Waals surface area contributed by atoms with Gasteiger partial charge in [-0.1, -0.05) is 17.7 Å². The molecule has 3 nitrogen and oxygen atoms in total. The molecule has 1 fully saturated rings. The van der Waals surface area contributed by atoms with Gasteiger partial charge in [-0.3, -0.25) is 4.90 Å². The first-order valence-electron chi connectivity index (χ1n) is 4.61. The van der Waals surface area contributed by atoms with Gasteiger partial charge in [-0.15, -0.1) is 0 Å². The van der Waals surface area contributed by atoms with Crippen molar-refractivity contribution >= 4 is 11.6 Å². The molecule has 0 aromatic carbocycles. The fraction of sp³-hybridized carbons (Fsp3) is 0.500. The monoisotopic (exact) mass is 212 g/mol. The van der Waals surface area contributed by atoms with Gasteiger partial charge in [0.05, 0.1) is 11.3 Å². The van der Waals surface area contributed by atoms with Crippen LogP contribution in [0, 0.1) is 0 Å². The standard InChI is InChI=1S/C10H13ClN2O/c1-10(14)6-13(7-10)5-8-3-2-4-9(11)12-8/h2-4,14H,5-7H2,1H3. The number of β-amino-alcohol motifs (C(OH)–C–C–N with tert-alkyl or cyclic N) is 1. The van der Waals surface area contributed by atoms with Crippen LogP contribution in [0.25, 0.3) is 0 Å². The zero-order valence-electron chi connectivity index (χ0n) is 8.07. The van der Waals surface area contributed by atoms with Crippen LogP contribution in [0.5, 0.6) is 0 Å². The number of nitrogens with zero attached hydrogens (tertiary/aromatic N) is 2.